The Kier molecular flexibility index (Phi) is 6.08. The van der Waals surface area contributed by atoms with Crippen molar-refractivity contribution in [3.05, 3.63) is 68.9 Å². The van der Waals surface area contributed by atoms with Gasteiger partial charge in [0.25, 0.3) is 0 Å². The van der Waals surface area contributed by atoms with Crippen molar-refractivity contribution in [2.24, 2.45) is 12.0 Å². The Morgan fingerprint density at radius 1 is 1.30 bits per heavy atom. The van der Waals surface area contributed by atoms with E-state index in [0.717, 1.165) is 30.7 Å². The maximum atomic E-state index is 14.1. The van der Waals surface area contributed by atoms with E-state index in [9.17, 15) is 8.78 Å². The lowest BCUT2D eigenvalue weighted by Gasteiger charge is -2.32. The summed E-state index contributed by atoms with van der Waals surface area (Å²) in [5.41, 5.74) is 1.26. The predicted molar refractivity (Wildman–Crippen MR) is 113 cm³/mol. The summed E-state index contributed by atoms with van der Waals surface area (Å²) in [7, 11) is 1.91. The van der Waals surface area contributed by atoms with Crippen molar-refractivity contribution in [2.45, 2.75) is 32.9 Å². The van der Waals surface area contributed by atoms with Gasteiger partial charge in [-0.3, -0.25) is 0 Å². The molecule has 1 N–H and O–H groups in total. The van der Waals surface area contributed by atoms with Gasteiger partial charge in [-0.05, 0) is 48.4 Å². The molecule has 0 fully saturated rings. The Hall–Kier alpha value is -2.81. The van der Waals surface area contributed by atoms with Gasteiger partial charge < -0.3 is 14.8 Å². The highest BCUT2D eigenvalue weighted by Crippen LogP contribution is 2.23. The molecule has 0 atom stereocenters. The molecule has 0 bridgehead atoms. The molecule has 1 aromatic carbocycles. The van der Waals surface area contributed by atoms with Gasteiger partial charge in [-0.2, -0.15) is 0 Å². The van der Waals surface area contributed by atoms with E-state index < -0.39 is 11.6 Å². The zero-order chi connectivity index (χ0) is 21.1. The van der Waals surface area contributed by atoms with Crippen molar-refractivity contribution >= 4 is 17.3 Å². The lowest BCUT2D eigenvalue weighted by atomic mass is 9.99. The van der Waals surface area contributed by atoms with Gasteiger partial charge in [-0.25, -0.2) is 13.8 Å². The molecule has 3 heterocycles. The number of thiophene rings is 1. The molecule has 3 aromatic rings. The Morgan fingerprint density at radius 3 is 2.90 bits per heavy atom. The van der Waals surface area contributed by atoms with Crippen LogP contribution in [-0.2, 0) is 33.0 Å². The summed E-state index contributed by atoms with van der Waals surface area (Å²) < 4.78 is 29.8. The zero-order valence-corrected chi connectivity index (χ0v) is 17.8. The Labute approximate surface area is 178 Å². The Balaban J connectivity index is 1.52. The molecule has 0 amide bonds. The lowest BCUT2D eigenvalue weighted by molar-refractivity contribution is 0.369. The molecule has 0 radical (unpaired) electrons. The van der Waals surface area contributed by atoms with Crippen molar-refractivity contribution in [3.63, 3.8) is 0 Å². The van der Waals surface area contributed by atoms with E-state index in [1.54, 1.807) is 11.3 Å². The van der Waals surface area contributed by atoms with Crippen LogP contribution in [0.4, 0.5) is 8.78 Å². The van der Waals surface area contributed by atoms with Crippen molar-refractivity contribution in [1.29, 1.82) is 0 Å². The first-order valence-corrected chi connectivity index (χ1v) is 10.8. The number of benzene rings is 1. The van der Waals surface area contributed by atoms with Gasteiger partial charge in [0.05, 0.1) is 0 Å². The average Bonchev–Trinajstić information content (AvgIpc) is 3.35. The average molecular weight is 431 g/mol. The second-order valence-electron chi connectivity index (χ2n) is 7.32. The molecular weight excluding hydrogens is 406 g/mol. The summed E-state index contributed by atoms with van der Waals surface area (Å²) in [5, 5.41) is 13.7. The highest BCUT2D eigenvalue weighted by Gasteiger charge is 2.23. The molecule has 0 saturated carbocycles. The number of fused-ring (bicyclic) bond motifs is 1. The standard InChI is InChI=1S/C21H24F2N6S/c1-14-26-27-20(28(14)2)12-25-21(24-7-5-17-4-3-9-30-17)29-8-6-18-15(13-29)10-16(22)11-19(18)23/h3-4,9-11H,5-8,12-13H2,1-2H3,(H,24,25). The van der Waals surface area contributed by atoms with E-state index in [0.29, 0.717) is 43.1 Å². The number of hydrogen-bond donors (Lipinski definition) is 1. The van der Waals surface area contributed by atoms with Gasteiger partial charge >= 0.3 is 0 Å². The van der Waals surface area contributed by atoms with Gasteiger partial charge in [0.2, 0.25) is 0 Å². The molecule has 30 heavy (non-hydrogen) atoms. The summed E-state index contributed by atoms with van der Waals surface area (Å²) in [6.45, 7) is 4.01. The molecule has 0 spiro atoms. The first-order chi connectivity index (χ1) is 14.5. The van der Waals surface area contributed by atoms with E-state index >= 15 is 0 Å². The van der Waals surface area contributed by atoms with Crippen LogP contribution in [0.25, 0.3) is 0 Å². The number of halogens is 2. The van der Waals surface area contributed by atoms with Crippen molar-refractivity contribution in [2.75, 3.05) is 13.1 Å². The van der Waals surface area contributed by atoms with Crippen LogP contribution < -0.4 is 5.32 Å². The second-order valence-corrected chi connectivity index (χ2v) is 8.35. The molecule has 0 aliphatic carbocycles. The van der Waals surface area contributed by atoms with Gasteiger partial charge in [-0.1, -0.05) is 6.07 Å². The maximum Gasteiger partial charge on any atom is 0.194 e. The van der Waals surface area contributed by atoms with Crippen LogP contribution in [0.5, 0.6) is 0 Å². The van der Waals surface area contributed by atoms with Crippen LogP contribution in [0, 0.1) is 18.6 Å². The number of nitrogens with zero attached hydrogens (tertiary/aromatic N) is 5. The molecular formula is C21H24F2N6S. The van der Waals surface area contributed by atoms with Gasteiger partial charge in [0, 0.05) is 37.6 Å². The molecule has 2 aromatic heterocycles. The Morgan fingerprint density at radius 2 is 2.17 bits per heavy atom. The van der Waals surface area contributed by atoms with E-state index in [1.807, 2.05) is 29.5 Å². The Bertz CT molecular complexity index is 1040. The molecule has 4 rings (SSSR count). The van der Waals surface area contributed by atoms with Gasteiger partial charge in [-0.15, -0.1) is 21.5 Å². The van der Waals surface area contributed by atoms with E-state index in [-0.39, 0.29) is 0 Å². The second kappa shape index (κ2) is 8.91. The monoisotopic (exact) mass is 430 g/mol. The third-order valence-electron chi connectivity index (χ3n) is 5.33. The number of rotatable bonds is 5. The summed E-state index contributed by atoms with van der Waals surface area (Å²) in [6.07, 6.45) is 1.39. The van der Waals surface area contributed by atoms with Gasteiger partial charge in [0.15, 0.2) is 11.8 Å². The quantitative estimate of drug-likeness (QED) is 0.499. The van der Waals surface area contributed by atoms with Crippen LogP contribution in [-0.4, -0.2) is 38.7 Å². The van der Waals surface area contributed by atoms with Gasteiger partial charge in [0.1, 0.15) is 24.0 Å². The summed E-state index contributed by atoms with van der Waals surface area (Å²) >= 11 is 1.72. The number of guanidine groups is 1. The minimum atomic E-state index is -0.549. The van der Waals surface area contributed by atoms with Crippen LogP contribution in [0.2, 0.25) is 0 Å². The highest BCUT2D eigenvalue weighted by molar-refractivity contribution is 7.09. The summed E-state index contributed by atoms with van der Waals surface area (Å²) in [6, 6.07) is 6.52. The number of aromatic nitrogens is 3. The minimum Gasteiger partial charge on any atom is -0.356 e. The fourth-order valence-electron chi connectivity index (χ4n) is 3.54. The smallest absolute Gasteiger partial charge is 0.194 e. The van der Waals surface area contributed by atoms with Crippen molar-refractivity contribution in [3.8, 4) is 0 Å². The van der Waals surface area contributed by atoms with Crippen LogP contribution >= 0.6 is 11.3 Å². The third-order valence-corrected chi connectivity index (χ3v) is 6.27. The maximum absolute atomic E-state index is 14.1. The molecule has 1 aliphatic rings. The first-order valence-electron chi connectivity index (χ1n) is 9.88. The molecule has 0 unspecified atom stereocenters. The molecule has 6 nitrogen and oxygen atoms in total. The number of aliphatic imine (C=N–C) groups is 1. The van der Waals surface area contributed by atoms with E-state index in [1.165, 1.54) is 10.9 Å². The SMILES string of the molecule is Cc1nnc(CN=C(NCCc2cccs2)N2CCc3c(F)cc(F)cc3C2)n1C. The van der Waals surface area contributed by atoms with E-state index in [2.05, 4.69) is 27.0 Å². The molecule has 1 aliphatic heterocycles. The van der Waals surface area contributed by atoms with Crippen LogP contribution in [0.3, 0.4) is 0 Å². The summed E-state index contributed by atoms with van der Waals surface area (Å²) in [4.78, 5) is 8.08. The molecule has 0 saturated heterocycles. The van der Waals surface area contributed by atoms with Crippen LogP contribution in [0.1, 0.15) is 27.7 Å². The number of aryl methyl sites for hydroxylation is 1. The van der Waals surface area contributed by atoms with Crippen molar-refractivity contribution in [1.82, 2.24) is 25.0 Å². The topological polar surface area (TPSA) is 58.3 Å². The fraction of sp³-hybridized carbons (Fsp3) is 0.381. The molecule has 9 heteroatoms. The number of hydrogen-bond acceptors (Lipinski definition) is 4. The van der Waals surface area contributed by atoms with E-state index in [4.69, 9.17) is 4.99 Å². The van der Waals surface area contributed by atoms with Crippen molar-refractivity contribution < 1.29 is 8.78 Å². The minimum absolute atomic E-state index is 0.375. The molecule has 158 valence electrons. The number of nitrogens with one attached hydrogen (secondary N) is 1. The summed E-state index contributed by atoms with van der Waals surface area (Å²) in [5.74, 6) is 1.28. The predicted octanol–water partition coefficient (Wildman–Crippen LogP) is 3.21. The largest absolute Gasteiger partial charge is 0.356 e. The fourth-order valence-corrected chi connectivity index (χ4v) is 4.25. The third kappa shape index (κ3) is 4.51. The zero-order valence-electron chi connectivity index (χ0n) is 17.0. The van der Waals surface area contributed by atoms with Crippen LogP contribution in [0.15, 0.2) is 34.6 Å². The normalized spacial score (nSPS) is 14.1. The highest BCUT2D eigenvalue weighted by atomic mass is 32.1. The lowest BCUT2D eigenvalue weighted by Crippen LogP contribution is -2.45. The first kappa shape index (κ1) is 20.5.